The third-order valence-electron chi connectivity index (χ3n) is 2.20. The van der Waals surface area contributed by atoms with Crippen molar-refractivity contribution in [3.63, 3.8) is 0 Å². The lowest BCUT2D eigenvalue weighted by Crippen LogP contribution is -2.15. The number of carbonyl (C=O) groups excluding carboxylic acids is 1. The molecule has 4 nitrogen and oxygen atoms in total. The van der Waals surface area contributed by atoms with Gasteiger partial charge in [-0.05, 0) is 18.2 Å². The Morgan fingerprint density at radius 3 is 2.78 bits per heavy atom. The fourth-order valence-corrected chi connectivity index (χ4v) is 1.38. The van der Waals surface area contributed by atoms with E-state index in [2.05, 4.69) is 10.3 Å². The van der Waals surface area contributed by atoms with E-state index in [-0.39, 0.29) is 11.4 Å². The van der Waals surface area contributed by atoms with E-state index < -0.39 is 23.2 Å². The summed E-state index contributed by atoms with van der Waals surface area (Å²) in [4.78, 5) is 14.8. The lowest BCUT2D eigenvalue weighted by Gasteiger charge is -2.06. The number of nitrogens with zero attached hydrogens (tertiary/aromatic N) is 1. The summed E-state index contributed by atoms with van der Waals surface area (Å²) in [5.74, 6) is -3.51. The summed E-state index contributed by atoms with van der Waals surface area (Å²) in [6.07, 6.45) is 0.996. The molecule has 1 amide bonds. The van der Waals surface area contributed by atoms with Gasteiger partial charge in [-0.2, -0.15) is 4.39 Å². The topological polar surface area (TPSA) is 62.2 Å². The third kappa shape index (κ3) is 2.42. The number of aromatic hydroxyl groups is 1. The number of nitrogens with one attached hydrogen (secondary N) is 1. The molecule has 6 heteroatoms. The number of benzene rings is 1. The largest absolute Gasteiger partial charge is 0.508 e. The Morgan fingerprint density at radius 2 is 2.06 bits per heavy atom. The second kappa shape index (κ2) is 4.79. The molecule has 0 fully saturated rings. The van der Waals surface area contributed by atoms with Gasteiger partial charge in [-0.15, -0.1) is 0 Å². The molecular formula is C12H8F2N2O2. The van der Waals surface area contributed by atoms with E-state index in [4.69, 9.17) is 0 Å². The fraction of sp³-hybridized carbons (Fsp3) is 0. The SMILES string of the molecule is O=C(Nc1cccc(O)c1)c1ccnc(F)c1F. The van der Waals surface area contributed by atoms with Crippen molar-refractivity contribution in [2.24, 2.45) is 0 Å². The first-order chi connectivity index (χ1) is 8.58. The molecule has 0 saturated heterocycles. The zero-order chi connectivity index (χ0) is 13.1. The zero-order valence-corrected chi connectivity index (χ0v) is 9.02. The number of phenolic OH excluding ortho intramolecular Hbond substituents is 1. The number of phenols is 1. The zero-order valence-electron chi connectivity index (χ0n) is 9.02. The van der Waals surface area contributed by atoms with Gasteiger partial charge in [0.15, 0.2) is 5.82 Å². The van der Waals surface area contributed by atoms with Crippen LogP contribution in [0.4, 0.5) is 14.5 Å². The highest BCUT2D eigenvalue weighted by atomic mass is 19.2. The number of hydrogen-bond acceptors (Lipinski definition) is 3. The van der Waals surface area contributed by atoms with Gasteiger partial charge in [0.2, 0.25) is 5.95 Å². The van der Waals surface area contributed by atoms with Gasteiger partial charge < -0.3 is 10.4 Å². The summed E-state index contributed by atoms with van der Waals surface area (Å²) in [6.45, 7) is 0. The van der Waals surface area contributed by atoms with E-state index in [0.29, 0.717) is 0 Å². The molecule has 18 heavy (non-hydrogen) atoms. The minimum absolute atomic E-state index is 0.0471. The van der Waals surface area contributed by atoms with Crippen molar-refractivity contribution in [2.75, 3.05) is 5.32 Å². The molecule has 0 radical (unpaired) electrons. The molecule has 0 atom stereocenters. The average Bonchev–Trinajstić information content (AvgIpc) is 2.32. The highest BCUT2D eigenvalue weighted by Crippen LogP contribution is 2.17. The van der Waals surface area contributed by atoms with E-state index in [1.165, 1.54) is 24.3 Å². The van der Waals surface area contributed by atoms with Crippen LogP contribution in [-0.4, -0.2) is 16.0 Å². The number of aromatic nitrogens is 1. The molecule has 2 rings (SSSR count). The van der Waals surface area contributed by atoms with E-state index in [1.54, 1.807) is 0 Å². The first-order valence-electron chi connectivity index (χ1n) is 4.98. The number of hydrogen-bond donors (Lipinski definition) is 2. The summed E-state index contributed by atoms with van der Waals surface area (Å²) >= 11 is 0. The van der Waals surface area contributed by atoms with Gasteiger partial charge in [0.1, 0.15) is 5.75 Å². The minimum Gasteiger partial charge on any atom is -0.508 e. The summed E-state index contributed by atoms with van der Waals surface area (Å²) in [7, 11) is 0. The highest BCUT2D eigenvalue weighted by molar-refractivity contribution is 6.04. The fourth-order valence-electron chi connectivity index (χ4n) is 1.38. The maximum atomic E-state index is 13.3. The van der Waals surface area contributed by atoms with E-state index in [0.717, 1.165) is 12.3 Å². The van der Waals surface area contributed by atoms with Crippen molar-refractivity contribution in [1.29, 1.82) is 0 Å². The molecule has 92 valence electrons. The highest BCUT2D eigenvalue weighted by Gasteiger charge is 2.16. The molecule has 1 aromatic heterocycles. The Balaban J connectivity index is 2.25. The van der Waals surface area contributed by atoms with E-state index >= 15 is 0 Å². The number of halogens is 2. The molecule has 2 N–H and O–H groups in total. The monoisotopic (exact) mass is 250 g/mol. The van der Waals surface area contributed by atoms with Crippen molar-refractivity contribution in [3.05, 3.63) is 53.9 Å². The average molecular weight is 250 g/mol. The van der Waals surface area contributed by atoms with Crippen LogP contribution in [0.2, 0.25) is 0 Å². The van der Waals surface area contributed by atoms with Crippen LogP contribution < -0.4 is 5.32 Å². The number of carbonyl (C=O) groups is 1. The first-order valence-corrected chi connectivity index (χ1v) is 4.98. The Hall–Kier alpha value is -2.50. The molecule has 0 aliphatic rings. The lowest BCUT2D eigenvalue weighted by atomic mass is 10.2. The summed E-state index contributed by atoms with van der Waals surface area (Å²) < 4.78 is 26.1. The van der Waals surface area contributed by atoms with Crippen LogP contribution in [0.15, 0.2) is 36.5 Å². The number of amides is 1. The van der Waals surface area contributed by atoms with Gasteiger partial charge in [0.25, 0.3) is 5.91 Å². The molecule has 0 saturated carbocycles. The Bertz CT molecular complexity index is 602. The lowest BCUT2D eigenvalue weighted by molar-refractivity contribution is 0.102. The van der Waals surface area contributed by atoms with Gasteiger partial charge in [-0.3, -0.25) is 4.79 Å². The molecule has 0 aliphatic carbocycles. The third-order valence-corrected chi connectivity index (χ3v) is 2.20. The van der Waals surface area contributed by atoms with Crippen molar-refractivity contribution in [3.8, 4) is 5.75 Å². The predicted octanol–water partition coefficient (Wildman–Crippen LogP) is 2.32. The minimum atomic E-state index is -1.33. The molecule has 0 unspecified atom stereocenters. The van der Waals surface area contributed by atoms with Gasteiger partial charge in [0.05, 0.1) is 5.56 Å². The van der Waals surface area contributed by atoms with Crippen LogP contribution in [0.3, 0.4) is 0 Å². The van der Waals surface area contributed by atoms with Crippen LogP contribution >= 0.6 is 0 Å². The summed E-state index contributed by atoms with van der Waals surface area (Å²) in [6, 6.07) is 6.79. The van der Waals surface area contributed by atoms with Crippen molar-refractivity contribution in [1.82, 2.24) is 4.98 Å². The second-order valence-electron chi connectivity index (χ2n) is 3.47. The van der Waals surface area contributed by atoms with Crippen LogP contribution in [0.1, 0.15) is 10.4 Å². The van der Waals surface area contributed by atoms with Crippen LogP contribution in [0, 0.1) is 11.8 Å². The quantitative estimate of drug-likeness (QED) is 0.804. The van der Waals surface area contributed by atoms with Crippen LogP contribution in [0.5, 0.6) is 5.75 Å². The standard InChI is InChI=1S/C12H8F2N2O2/c13-10-9(4-5-15-11(10)14)12(18)16-7-2-1-3-8(17)6-7/h1-6,17H,(H,16,18). The predicted molar refractivity (Wildman–Crippen MR) is 60.2 cm³/mol. The first kappa shape index (κ1) is 12.0. The summed E-state index contributed by atoms with van der Waals surface area (Å²) in [5, 5.41) is 11.5. The Labute approximate surface area is 101 Å². The van der Waals surface area contributed by atoms with Gasteiger partial charge in [-0.25, -0.2) is 9.37 Å². The molecule has 0 bridgehead atoms. The van der Waals surface area contributed by atoms with E-state index in [1.807, 2.05) is 0 Å². The smallest absolute Gasteiger partial charge is 0.258 e. The molecule has 1 heterocycles. The second-order valence-corrected chi connectivity index (χ2v) is 3.47. The number of pyridine rings is 1. The number of rotatable bonds is 2. The maximum absolute atomic E-state index is 13.3. The van der Waals surface area contributed by atoms with Crippen molar-refractivity contribution < 1.29 is 18.7 Å². The molecule has 0 aliphatic heterocycles. The normalized spacial score (nSPS) is 10.1. The Morgan fingerprint density at radius 1 is 1.28 bits per heavy atom. The molecule has 1 aromatic carbocycles. The van der Waals surface area contributed by atoms with E-state index in [9.17, 15) is 18.7 Å². The number of anilines is 1. The van der Waals surface area contributed by atoms with Crippen LogP contribution in [0.25, 0.3) is 0 Å². The van der Waals surface area contributed by atoms with Gasteiger partial charge >= 0.3 is 0 Å². The molecule has 2 aromatic rings. The Kier molecular flexibility index (Phi) is 3.18. The maximum Gasteiger partial charge on any atom is 0.258 e. The summed E-state index contributed by atoms with van der Waals surface area (Å²) in [5.41, 5.74) is -0.178. The van der Waals surface area contributed by atoms with Gasteiger partial charge in [0, 0.05) is 18.0 Å². The van der Waals surface area contributed by atoms with Gasteiger partial charge in [-0.1, -0.05) is 6.07 Å². The molecular weight excluding hydrogens is 242 g/mol. The van der Waals surface area contributed by atoms with Crippen LogP contribution in [-0.2, 0) is 0 Å². The van der Waals surface area contributed by atoms with Crippen molar-refractivity contribution in [2.45, 2.75) is 0 Å². The van der Waals surface area contributed by atoms with Crippen molar-refractivity contribution >= 4 is 11.6 Å². The molecule has 0 spiro atoms.